The molecule has 2 aromatic rings. The van der Waals surface area contributed by atoms with E-state index in [0.717, 1.165) is 0 Å². The Hall–Kier alpha value is -0.224. The normalized spacial score (nSPS) is 11.0. The molecule has 0 saturated heterocycles. The average Bonchev–Trinajstić information content (AvgIpc) is 2.13. The maximum atomic E-state index is 11.1. The quantitative estimate of drug-likeness (QED) is 0.274. The molecule has 1 aromatic heterocycles. The van der Waals surface area contributed by atoms with E-state index in [0.29, 0.717) is 10.9 Å². The number of hydrogen-bond donors (Lipinski definition) is 0. The largest absolute Gasteiger partial charge is 1.00 e. The molecule has 0 bridgehead atoms. The fourth-order valence-electron chi connectivity index (χ4n) is 1.47. The Labute approximate surface area is 145 Å². The molecule has 0 spiro atoms. The number of rotatable bonds is 2. The van der Waals surface area contributed by atoms with Gasteiger partial charge in [0, 0.05) is 17.5 Å². The Morgan fingerprint density at radius 2 is 1.94 bits per heavy atom. The predicted octanol–water partition coefficient (Wildman–Crippen LogP) is -2.06. The Balaban J connectivity index is 0.00000162. The molecule has 0 saturated carbocycles. The van der Waals surface area contributed by atoms with Crippen LogP contribution < -0.4 is 61.2 Å². The third kappa shape index (κ3) is 3.89. The van der Waals surface area contributed by atoms with Crippen molar-refractivity contribution in [3.63, 3.8) is 0 Å². The maximum Gasteiger partial charge on any atom is 1.00 e. The van der Waals surface area contributed by atoms with Gasteiger partial charge < -0.3 is 13.2 Å². The molecule has 1 aromatic carbocycles. The van der Waals surface area contributed by atoms with E-state index in [1.807, 2.05) is 0 Å². The molecular formula is C10H7KO6S. The van der Waals surface area contributed by atoms with Crippen molar-refractivity contribution in [3.05, 3.63) is 40.2 Å². The molecule has 0 N–H and O–H groups in total. The van der Waals surface area contributed by atoms with Gasteiger partial charge in [0.05, 0.1) is 0 Å². The molecule has 2 rings (SSSR count). The van der Waals surface area contributed by atoms with Crippen molar-refractivity contribution in [2.24, 2.45) is 0 Å². The van der Waals surface area contributed by atoms with Crippen LogP contribution in [0.2, 0.25) is 0 Å². The molecular weight excluding hydrogens is 287 g/mol. The molecule has 0 fully saturated rings. The minimum atomic E-state index is -4.84. The van der Waals surface area contributed by atoms with Gasteiger partial charge in [-0.2, -0.15) is 0 Å². The first kappa shape index (κ1) is 15.8. The standard InChI is InChI=1S/C10H8O6S.K/c1-6-4-10(11)15-9-5-7(2-3-8(6)9)16-17(12,13)14;/h2-5H,1H3,(H,12,13,14);/q;+1/p-1. The van der Waals surface area contributed by atoms with Crippen LogP contribution in [0.3, 0.4) is 0 Å². The minimum Gasteiger partial charge on any atom is -0.716 e. The topological polar surface area (TPSA) is 96.6 Å². The summed E-state index contributed by atoms with van der Waals surface area (Å²) in [5, 5.41) is 0.639. The van der Waals surface area contributed by atoms with Crippen molar-refractivity contribution in [2.75, 3.05) is 0 Å². The van der Waals surface area contributed by atoms with Crippen LogP contribution in [0.25, 0.3) is 11.0 Å². The zero-order valence-corrected chi connectivity index (χ0v) is 13.6. The average molecular weight is 294 g/mol. The van der Waals surface area contributed by atoms with Crippen LogP contribution in [0.5, 0.6) is 5.75 Å². The summed E-state index contributed by atoms with van der Waals surface area (Å²) in [5.74, 6) is -0.193. The second-order valence-corrected chi connectivity index (χ2v) is 4.38. The minimum absolute atomic E-state index is 0. The number of hydrogen-bond acceptors (Lipinski definition) is 6. The molecule has 0 aliphatic rings. The molecule has 0 radical (unpaired) electrons. The summed E-state index contributed by atoms with van der Waals surface area (Å²) in [6.45, 7) is 1.71. The first-order chi connectivity index (χ1) is 7.85. The molecule has 0 atom stereocenters. The summed E-state index contributed by atoms with van der Waals surface area (Å²) < 4.78 is 40.2. The van der Waals surface area contributed by atoms with Gasteiger partial charge in [-0.05, 0) is 24.6 Å². The van der Waals surface area contributed by atoms with E-state index in [1.54, 1.807) is 6.92 Å². The van der Waals surface area contributed by atoms with Crippen molar-refractivity contribution >= 4 is 21.4 Å². The first-order valence-corrected chi connectivity index (χ1v) is 5.88. The zero-order chi connectivity index (χ0) is 12.6. The molecule has 18 heavy (non-hydrogen) atoms. The van der Waals surface area contributed by atoms with E-state index in [-0.39, 0.29) is 62.7 Å². The summed E-state index contributed by atoms with van der Waals surface area (Å²) in [6, 6.07) is 5.31. The molecule has 1 heterocycles. The van der Waals surface area contributed by atoms with Gasteiger partial charge in [-0.1, -0.05) is 0 Å². The van der Waals surface area contributed by atoms with E-state index in [9.17, 15) is 17.8 Å². The summed E-state index contributed by atoms with van der Waals surface area (Å²) in [5.41, 5.74) is 0.293. The Kier molecular flexibility index (Phi) is 5.12. The fraction of sp³-hybridized carbons (Fsp3) is 0.100. The van der Waals surface area contributed by atoms with E-state index in [2.05, 4.69) is 4.18 Å². The zero-order valence-electron chi connectivity index (χ0n) is 9.67. The van der Waals surface area contributed by atoms with E-state index < -0.39 is 16.0 Å². The van der Waals surface area contributed by atoms with Crippen LogP contribution >= 0.6 is 0 Å². The first-order valence-electron chi connectivity index (χ1n) is 4.55. The molecule has 0 amide bonds. The van der Waals surface area contributed by atoms with Crippen molar-refractivity contribution in [1.29, 1.82) is 0 Å². The fourth-order valence-corrected chi connectivity index (χ4v) is 1.81. The van der Waals surface area contributed by atoms with Gasteiger partial charge in [-0.25, -0.2) is 13.2 Å². The predicted molar refractivity (Wildman–Crippen MR) is 57.5 cm³/mol. The molecule has 8 heteroatoms. The van der Waals surface area contributed by atoms with Crippen LogP contribution in [0.1, 0.15) is 5.56 Å². The van der Waals surface area contributed by atoms with Crippen molar-refractivity contribution in [2.45, 2.75) is 6.92 Å². The molecule has 90 valence electrons. The number of benzene rings is 1. The van der Waals surface area contributed by atoms with Crippen LogP contribution in [-0.4, -0.2) is 13.0 Å². The van der Waals surface area contributed by atoms with Crippen LogP contribution in [0.4, 0.5) is 0 Å². The van der Waals surface area contributed by atoms with Gasteiger partial charge in [-0.15, -0.1) is 0 Å². The molecule has 0 unspecified atom stereocenters. The summed E-state index contributed by atoms with van der Waals surface area (Å²) in [6.07, 6.45) is 0. The van der Waals surface area contributed by atoms with E-state index in [4.69, 9.17) is 4.42 Å². The second kappa shape index (κ2) is 5.82. The molecule has 0 aliphatic carbocycles. The third-order valence-electron chi connectivity index (χ3n) is 2.12. The van der Waals surface area contributed by atoms with Crippen LogP contribution in [-0.2, 0) is 10.4 Å². The summed E-state index contributed by atoms with van der Waals surface area (Å²) >= 11 is 0. The van der Waals surface area contributed by atoms with Gasteiger partial charge in [0.15, 0.2) is 0 Å². The van der Waals surface area contributed by atoms with Gasteiger partial charge in [-0.3, -0.25) is 0 Å². The van der Waals surface area contributed by atoms with E-state index >= 15 is 0 Å². The Morgan fingerprint density at radius 3 is 2.56 bits per heavy atom. The smallest absolute Gasteiger partial charge is 0.716 e. The molecule has 6 nitrogen and oxygen atoms in total. The van der Waals surface area contributed by atoms with Crippen LogP contribution in [0.15, 0.2) is 33.5 Å². The summed E-state index contributed by atoms with van der Waals surface area (Å²) in [4.78, 5) is 11.1. The number of fused-ring (bicyclic) bond motifs is 1. The SMILES string of the molecule is Cc1cc(=O)oc2cc(OS(=O)(=O)[O-])ccc12.[K+]. The van der Waals surface area contributed by atoms with Crippen molar-refractivity contribution in [3.8, 4) is 5.75 Å². The summed E-state index contributed by atoms with van der Waals surface area (Å²) in [7, 11) is -4.84. The second-order valence-electron chi connectivity index (χ2n) is 3.40. The van der Waals surface area contributed by atoms with Crippen molar-refractivity contribution < 1.29 is 73.0 Å². The van der Waals surface area contributed by atoms with Gasteiger partial charge in [0.1, 0.15) is 11.3 Å². The Morgan fingerprint density at radius 1 is 1.28 bits per heavy atom. The maximum absolute atomic E-state index is 11.1. The Bertz CT molecular complexity index is 734. The van der Waals surface area contributed by atoms with Gasteiger partial charge in [0.2, 0.25) is 0 Å². The van der Waals surface area contributed by atoms with Crippen molar-refractivity contribution in [1.82, 2.24) is 0 Å². The third-order valence-corrected chi connectivity index (χ3v) is 2.52. The molecule has 0 aliphatic heterocycles. The van der Waals surface area contributed by atoms with Gasteiger partial charge in [0.25, 0.3) is 10.4 Å². The van der Waals surface area contributed by atoms with Crippen LogP contribution in [0, 0.1) is 6.92 Å². The van der Waals surface area contributed by atoms with Gasteiger partial charge >= 0.3 is 57.0 Å². The van der Waals surface area contributed by atoms with E-state index in [1.165, 1.54) is 24.3 Å². The monoisotopic (exact) mass is 294 g/mol. The number of aryl methyl sites for hydroxylation is 1.